The van der Waals surface area contributed by atoms with Crippen LogP contribution in [-0.2, 0) is 0 Å². The summed E-state index contributed by atoms with van der Waals surface area (Å²) in [7, 11) is 0. The molecule has 0 aliphatic carbocycles. The molecule has 2 N–H and O–H groups in total. The second-order valence-electron chi connectivity index (χ2n) is 4.48. The lowest BCUT2D eigenvalue weighted by Gasteiger charge is -2.36. The zero-order chi connectivity index (χ0) is 12.6. The molecule has 1 fully saturated rings. The van der Waals surface area contributed by atoms with Gasteiger partial charge in [0.2, 0.25) is 0 Å². The van der Waals surface area contributed by atoms with E-state index < -0.39 is 11.6 Å². The zero-order valence-corrected chi connectivity index (χ0v) is 10.7. The molecule has 0 radical (unpaired) electrons. The molecule has 94 valence electrons. The van der Waals surface area contributed by atoms with Crippen LogP contribution in [0, 0.1) is 11.6 Å². The number of nitrogen functional groups attached to an aromatic ring is 1. The Morgan fingerprint density at radius 3 is 2.41 bits per heavy atom. The Morgan fingerprint density at radius 1 is 1.24 bits per heavy atom. The van der Waals surface area contributed by atoms with E-state index in [4.69, 9.17) is 5.73 Å². The third-order valence-electron chi connectivity index (χ3n) is 2.83. The van der Waals surface area contributed by atoms with Crippen LogP contribution in [0.5, 0.6) is 0 Å². The number of hydrogen-bond acceptors (Lipinski definition) is 3. The number of hydrogen-bond donors (Lipinski definition) is 1. The summed E-state index contributed by atoms with van der Waals surface area (Å²) in [6, 6.07) is 2.14. The predicted octanol–water partition coefficient (Wildman–Crippen LogP) is 2.88. The normalized spacial score (nSPS) is 25.1. The van der Waals surface area contributed by atoms with Gasteiger partial charge in [0, 0.05) is 29.7 Å². The van der Waals surface area contributed by atoms with Crippen molar-refractivity contribution in [2.75, 3.05) is 23.7 Å². The monoisotopic (exact) mass is 258 g/mol. The van der Waals surface area contributed by atoms with Gasteiger partial charge in [-0.3, -0.25) is 0 Å². The molecular weight excluding hydrogens is 242 g/mol. The molecule has 2 atom stereocenters. The molecule has 2 rings (SSSR count). The van der Waals surface area contributed by atoms with Gasteiger partial charge in [-0.2, -0.15) is 11.8 Å². The summed E-state index contributed by atoms with van der Waals surface area (Å²) >= 11 is 1.88. The molecule has 2 unspecified atom stereocenters. The van der Waals surface area contributed by atoms with Crippen molar-refractivity contribution in [2.45, 2.75) is 24.3 Å². The van der Waals surface area contributed by atoms with E-state index >= 15 is 0 Å². The van der Waals surface area contributed by atoms with Crippen molar-refractivity contribution in [3.63, 3.8) is 0 Å². The molecule has 0 bridgehead atoms. The van der Waals surface area contributed by atoms with Crippen molar-refractivity contribution < 1.29 is 8.78 Å². The lowest BCUT2D eigenvalue weighted by molar-refractivity contribution is 0.584. The summed E-state index contributed by atoms with van der Waals surface area (Å²) < 4.78 is 26.6. The fraction of sp³-hybridized carbons (Fsp3) is 0.500. The van der Waals surface area contributed by atoms with Crippen LogP contribution in [0.4, 0.5) is 20.2 Å². The summed E-state index contributed by atoms with van der Waals surface area (Å²) in [5.41, 5.74) is 6.20. The Hall–Kier alpha value is -0.970. The van der Waals surface area contributed by atoms with Crippen LogP contribution in [0.1, 0.15) is 13.8 Å². The van der Waals surface area contributed by atoms with Gasteiger partial charge in [-0.05, 0) is 6.07 Å². The molecule has 1 aliphatic heterocycles. The Labute approximate surface area is 104 Å². The van der Waals surface area contributed by atoms with Gasteiger partial charge in [0.15, 0.2) is 5.82 Å². The average Bonchev–Trinajstić information content (AvgIpc) is 2.22. The fourth-order valence-electron chi connectivity index (χ4n) is 2.21. The van der Waals surface area contributed by atoms with Crippen LogP contribution in [0.2, 0.25) is 0 Å². The molecule has 1 saturated heterocycles. The Morgan fingerprint density at radius 2 is 1.82 bits per heavy atom. The minimum Gasteiger partial charge on any atom is -0.395 e. The summed E-state index contributed by atoms with van der Waals surface area (Å²) in [6.07, 6.45) is 0. The average molecular weight is 258 g/mol. The number of anilines is 2. The molecule has 2 nitrogen and oxygen atoms in total. The number of benzene rings is 1. The lowest BCUT2D eigenvalue weighted by Crippen LogP contribution is -2.40. The van der Waals surface area contributed by atoms with E-state index in [0.717, 1.165) is 19.2 Å². The van der Waals surface area contributed by atoms with E-state index in [1.54, 1.807) is 0 Å². The highest BCUT2D eigenvalue weighted by Gasteiger charge is 2.24. The molecule has 0 amide bonds. The van der Waals surface area contributed by atoms with E-state index in [2.05, 4.69) is 13.8 Å². The third kappa shape index (κ3) is 2.65. The van der Waals surface area contributed by atoms with Crippen LogP contribution in [-0.4, -0.2) is 23.6 Å². The fourth-order valence-corrected chi connectivity index (χ4v) is 3.53. The first-order valence-corrected chi connectivity index (χ1v) is 6.56. The van der Waals surface area contributed by atoms with Gasteiger partial charge in [-0.15, -0.1) is 0 Å². The molecule has 17 heavy (non-hydrogen) atoms. The van der Waals surface area contributed by atoms with Crippen LogP contribution < -0.4 is 10.6 Å². The minimum atomic E-state index is -0.682. The Kier molecular flexibility index (Phi) is 3.47. The lowest BCUT2D eigenvalue weighted by atomic mass is 10.2. The maximum Gasteiger partial charge on any atom is 0.151 e. The van der Waals surface area contributed by atoms with E-state index in [0.29, 0.717) is 16.2 Å². The molecule has 1 aromatic rings. The molecule has 0 spiro atoms. The predicted molar refractivity (Wildman–Crippen MR) is 69.5 cm³/mol. The van der Waals surface area contributed by atoms with Crippen LogP contribution in [0.25, 0.3) is 0 Å². The first kappa shape index (κ1) is 12.5. The second kappa shape index (κ2) is 4.72. The van der Waals surface area contributed by atoms with E-state index in [9.17, 15) is 8.78 Å². The van der Waals surface area contributed by atoms with Crippen molar-refractivity contribution in [3.8, 4) is 0 Å². The SMILES string of the molecule is CC1CN(c2cc(F)cc(F)c2N)CC(C)S1. The summed E-state index contributed by atoms with van der Waals surface area (Å²) in [5.74, 6) is -1.26. The molecular formula is C12H16F2N2S. The number of thioether (sulfide) groups is 1. The highest BCUT2D eigenvalue weighted by Crippen LogP contribution is 2.33. The molecule has 0 aromatic heterocycles. The van der Waals surface area contributed by atoms with E-state index in [1.165, 1.54) is 6.07 Å². The van der Waals surface area contributed by atoms with Crippen LogP contribution in [0.3, 0.4) is 0 Å². The standard InChI is InChI=1S/C12H16F2N2S/c1-7-5-16(6-8(2)17-7)11-4-9(13)3-10(14)12(11)15/h3-4,7-8H,5-6,15H2,1-2H3. The van der Waals surface area contributed by atoms with Crippen molar-refractivity contribution >= 4 is 23.1 Å². The third-order valence-corrected chi connectivity index (χ3v) is 4.06. The van der Waals surface area contributed by atoms with E-state index in [-0.39, 0.29) is 5.69 Å². The van der Waals surface area contributed by atoms with Crippen molar-refractivity contribution in [1.29, 1.82) is 0 Å². The number of halogens is 2. The van der Waals surface area contributed by atoms with Crippen molar-refractivity contribution in [1.82, 2.24) is 0 Å². The summed E-state index contributed by atoms with van der Waals surface area (Å²) in [6.45, 7) is 5.75. The molecule has 5 heteroatoms. The summed E-state index contributed by atoms with van der Waals surface area (Å²) in [4.78, 5) is 1.97. The molecule has 1 aromatic carbocycles. The van der Waals surface area contributed by atoms with Crippen LogP contribution in [0.15, 0.2) is 12.1 Å². The van der Waals surface area contributed by atoms with Gasteiger partial charge in [-0.25, -0.2) is 8.78 Å². The quantitative estimate of drug-likeness (QED) is 0.785. The largest absolute Gasteiger partial charge is 0.395 e. The maximum absolute atomic E-state index is 13.4. The Bertz CT molecular complexity index is 415. The topological polar surface area (TPSA) is 29.3 Å². The molecule has 0 saturated carbocycles. The summed E-state index contributed by atoms with van der Waals surface area (Å²) in [5, 5.41) is 0.869. The smallest absolute Gasteiger partial charge is 0.151 e. The van der Waals surface area contributed by atoms with Gasteiger partial charge in [0.05, 0.1) is 11.4 Å². The van der Waals surface area contributed by atoms with Gasteiger partial charge >= 0.3 is 0 Å². The number of nitrogens with zero attached hydrogens (tertiary/aromatic N) is 1. The first-order valence-electron chi connectivity index (χ1n) is 5.62. The van der Waals surface area contributed by atoms with Crippen LogP contribution >= 0.6 is 11.8 Å². The number of nitrogens with two attached hydrogens (primary N) is 1. The van der Waals surface area contributed by atoms with Gasteiger partial charge in [0.1, 0.15) is 5.82 Å². The maximum atomic E-state index is 13.4. The van der Waals surface area contributed by atoms with Crippen molar-refractivity contribution in [3.05, 3.63) is 23.8 Å². The second-order valence-corrected chi connectivity index (χ2v) is 6.36. The van der Waals surface area contributed by atoms with Gasteiger partial charge < -0.3 is 10.6 Å². The minimum absolute atomic E-state index is 0.0395. The van der Waals surface area contributed by atoms with E-state index in [1.807, 2.05) is 16.7 Å². The highest BCUT2D eigenvalue weighted by molar-refractivity contribution is 8.00. The van der Waals surface area contributed by atoms with Gasteiger partial charge in [-0.1, -0.05) is 13.8 Å². The zero-order valence-electron chi connectivity index (χ0n) is 9.91. The van der Waals surface area contributed by atoms with Crippen molar-refractivity contribution in [2.24, 2.45) is 0 Å². The molecule has 1 heterocycles. The first-order chi connectivity index (χ1) is 7.97. The van der Waals surface area contributed by atoms with Gasteiger partial charge in [0.25, 0.3) is 0 Å². The highest BCUT2D eigenvalue weighted by atomic mass is 32.2. The number of rotatable bonds is 1. The molecule has 1 aliphatic rings. The Balaban J connectivity index is 2.33.